The number of aromatic nitrogens is 5. The molecule has 0 aliphatic rings. The van der Waals surface area contributed by atoms with Gasteiger partial charge in [0.05, 0.1) is 18.8 Å². The lowest BCUT2D eigenvalue weighted by Gasteiger charge is -2.11. The van der Waals surface area contributed by atoms with Gasteiger partial charge in [-0.2, -0.15) is 4.98 Å². The molecule has 174 valence electrons. The van der Waals surface area contributed by atoms with Crippen molar-refractivity contribution in [2.45, 2.75) is 27.3 Å². The maximum absolute atomic E-state index is 13.5. The van der Waals surface area contributed by atoms with Crippen molar-refractivity contribution in [1.29, 1.82) is 0 Å². The Morgan fingerprint density at radius 1 is 1.00 bits per heavy atom. The third kappa shape index (κ3) is 3.38. The van der Waals surface area contributed by atoms with Crippen LogP contribution in [-0.4, -0.2) is 36.3 Å². The first-order chi connectivity index (χ1) is 16.4. The highest BCUT2D eigenvalue weighted by atomic mass is 16.5. The molecule has 0 saturated heterocycles. The number of hydrogen-bond donors (Lipinski definition) is 0. The van der Waals surface area contributed by atoms with Gasteiger partial charge in [-0.3, -0.25) is 22.9 Å². The quantitative estimate of drug-likeness (QED) is 0.366. The summed E-state index contributed by atoms with van der Waals surface area (Å²) in [6.07, 6.45) is 1.92. The Balaban J connectivity index is 1.86. The van der Waals surface area contributed by atoms with Crippen molar-refractivity contribution in [1.82, 2.24) is 23.1 Å². The standard InChI is InChI=1S/C26H27N5O3/c1-5-34-14-13-29-24(32)22-23(28(4)26(29)33)27-25-30(22)16-21(19-9-7-6-8-10-19)31(25)20-12-11-17(2)18(3)15-20/h6-12,15-16H,5,13-14H2,1-4H3. The first-order valence-electron chi connectivity index (χ1n) is 11.4. The van der Waals surface area contributed by atoms with E-state index < -0.39 is 5.69 Å². The molecule has 0 spiro atoms. The third-order valence-electron chi connectivity index (χ3n) is 6.33. The summed E-state index contributed by atoms with van der Waals surface area (Å²) >= 11 is 0. The molecule has 34 heavy (non-hydrogen) atoms. The van der Waals surface area contributed by atoms with Gasteiger partial charge in [0.15, 0.2) is 11.2 Å². The Labute approximate surface area is 196 Å². The van der Waals surface area contributed by atoms with Gasteiger partial charge in [0.1, 0.15) is 0 Å². The smallest absolute Gasteiger partial charge is 0.332 e. The van der Waals surface area contributed by atoms with Crippen molar-refractivity contribution in [3.63, 3.8) is 0 Å². The molecule has 8 nitrogen and oxygen atoms in total. The molecule has 5 rings (SSSR count). The van der Waals surface area contributed by atoms with E-state index in [0.29, 0.717) is 23.5 Å². The predicted octanol–water partition coefficient (Wildman–Crippen LogP) is 3.46. The van der Waals surface area contributed by atoms with Crippen LogP contribution in [0.5, 0.6) is 0 Å². The number of rotatable bonds is 6. The van der Waals surface area contributed by atoms with Gasteiger partial charge >= 0.3 is 5.69 Å². The first-order valence-corrected chi connectivity index (χ1v) is 11.4. The molecule has 0 N–H and O–H groups in total. The fourth-order valence-electron chi connectivity index (χ4n) is 4.33. The van der Waals surface area contributed by atoms with Gasteiger partial charge in [-0.15, -0.1) is 0 Å². The second-order valence-corrected chi connectivity index (χ2v) is 8.43. The van der Waals surface area contributed by atoms with E-state index in [1.54, 1.807) is 11.4 Å². The molecular weight excluding hydrogens is 430 g/mol. The van der Waals surface area contributed by atoms with Crippen LogP contribution in [-0.2, 0) is 18.3 Å². The SMILES string of the molecule is CCOCCn1c(=O)c2c(nc3n(-c4ccc(C)c(C)c4)c(-c4ccccc4)cn23)n(C)c1=O. The fraction of sp³-hybridized carbons (Fsp3) is 0.269. The average molecular weight is 458 g/mol. The van der Waals surface area contributed by atoms with Crippen LogP contribution in [0.1, 0.15) is 18.1 Å². The number of hydrogen-bond acceptors (Lipinski definition) is 4. The number of ether oxygens (including phenoxy) is 1. The summed E-state index contributed by atoms with van der Waals surface area (Å²) in [6, 6.07) is 16.2. The molecule has 3 aromatic heterocycles. The minimum Gasteiger partial charge on any atom is -0.380 e. The zero-order chi connectivity index (χ0) is 24.0. The Morgan fingerprint density at radius 3 is 2.47 bits per heavy atom. The number of fused-ring (bicyclic) bond motifs is 3. The lowest BCUT2D eigenvalue weighted by Crippen LogP contribution is -2.40. The molecule has 0 aliphatic heterocycles. The molecule has 3 heterocycles. The Bertz CT molecular complexity index is 1640. The summed E-state index contributed by atoms with van der Waals surface area (Å²) in [6.45, 7) is 7.03. The van der Waals surface area contributed by atoms with E-state index in [1.165, 1.54) is 14.7 Å². The molecule has 2 aromatic carbocycles. The van der Waals surface area contributed by atoms with Crippen LogP contribution in [0.3, 0.4) is 0 Å². The molecule has 0 radical (unpaired) electrons. The lowest BCUT2D eigenvalue weighted by atomic mass is 10.1. The van der Waals surface area contributed by atoms with Gasteiger partial charge in [-0.1, -0.05) is 36.4 Å². The van der Waals surface area contributed by atoms with E-state index >= 15 is 0 Å². The van der Waals surface area contributed by atoms with Crippen LogP contribution in [0.2, 0.25) is 0 Å². The summed E-state index contributed by atoms with van der Waals surface area (Å²) in [4.78, 5) is 31.2. The number of benzene rings is 2. The zero-order valence-electron chi connectivity index (χ0n) is 19.8. The summed E-state index contributed by atoms with van der Waals surface area (Å²) in [5, 5.41) is 0. The van der Waals surface area contributed by atoms with Crippen molar-refractivity contribution in [3.05, 3.63) is 86.7 Å². The number of nitrogens with zero attached hydrogens (tertiary/aromatic N) is 5. The number of aryl methyl sites for hydroxylation is 3. The van der Waals surface area contributed by atoms with E-state index in [4.69, 9.17) is 9.72 Å². The average Bonchev–Trinajstić information content (AvgIpc) is 3.39. The van der Waals surface area contributed by atoms with Crippen LogP contribution >= 0.6 is 0 Å². The second-order valence-electron chi connectivity index (χ2n) is 8.43. The van der Waals surface area contributed by atoms with E-state index in [-0.39, 0.29) is 18.7 Å². The zero-order valence-corrected chi connectivity index (χ0v) is 19.8. The normalized spacial score (nSPS) is 11.6. The maximum Gasteiger partial charge on any atom is 0.332 e. The fourth-order valence-corrected chi connectivity index (χ4v) is 4.33. The molecule has 0 bridgehead atoms. The molecule has 0 amide bonds. The molecule has 0 atom stereocenters. The lowest BCUT2D eigenvalue weighted by molar-refractivity contribution is 0.137. The van der Waals surface area contributed by atoms with Gasteiger partial charge in [0, 0.05) is 31.1 Å². The summed E-state index contributed by atoms with van der Waals surface area (Å²) in [5.41, 5.74) is 5.15. The summed E-state index contributed by atoms with van der Waals surface area (Å²) in [5.74, 6) is 0.576. The van der Waals surface area contributed by atoms with Gasteiger partial charge in [0.25, 0.3) is 5.56 Å². The van der Waals surface area contributed by atoms with Crippen LogP contribution in [0.15, 0.2) is 64.3 Å². The Kier molecular flexibility index (Phi) is 5.45. The predicted molar refractivity (Wildman–Crippen MR) is 133 cm³/mol. The molecule has 0 aliphatic carbocycles. The molecule has 8 heteroatoms. The largest absolute Gasteiger partial charge is 0.380 e. The van der Waals surface area contributed by atoms with Crippen LogP contribution in [0, 0.1) is 13.8 Å². The molecule has 0 unspecified atom stereocenters. The highest BCUT2D eigenvalue weighted by molar-refractivity contribution is 5.79. The monoisotopic (exact) mass is 457 g/mol. The minimum absolute atomic E-state index is 0.186. The van der Waals surface area contributed by atoms with Crippen LogP contribution < -0.4 is 11.2 Å². The molecule has 0 fully saturated rings. The first kappa shape index (κ1) is 21.9. The van der Waals surface area contributed by atoms with Crippen LogP contribution in [0.25, 0.3) is 33.9 Å². The summed E-state index contributed by atoms with van der Waals surface area (Å²) < 4.78 is 11.9. The van der Waals surface area contributed by atoms with E-state index in [1.807, 2.05) is 54.1 Å². The molecular formula is C26H27N5O3. The second kappa shape index (κ2) is 8.46. The van der Waals surface area contributed by atoms with Gasteiger partial charge in [0.2, 0.25) is 5.78 Å². The van der Waals surface area contributed by atoms with Crippen molar-refractivity contribution >= 4 is 16.9 Å². The minimum atomic E-state index is -0.404. The third-order valence-corrected chi connectivity index (χ3v) is 6.33. The molecule has 5 aromatic rings. The Morgan fingerprint density at radius 2 is 1.76 bits per heavy atom. The topological polar surface area (TPSA) is 75.5 Å². The maximum atomic E-state index is 13.5. The van der Waals surface area contributed by atoms with Gasteiger partial charge in [-0.25, -0.2) is 4.79 Å². The van der Waals surface area contributed by atoms with Gasteiger partial charge in [-0.05, 0) is 44.0 Å². The van der Waals surface area contributed by atoms with Crippen molar-refractivity contribution in [2.24, 2.45) is 7.05 Å². The van der Waals surface area contributed by atoms with Gasteiger partial charge < -0.3 is 4.74 Å². The van der Waals surface area contributed by atoms with E-state index in [9.17, 15) is 9.59 Å². The highest BCUT2D eigenvalue weighted by Crippen LogP contribution is 2.29. The van der Waals surface area contributed by atoms with Crippen molar-refractivity contribution < 1.29 is 4.74 Å². The Hall–Kier alpha value is -3.91. The van der Waals surface area contributed by atoms with E-state index in [2.05, 4.69) is 26.0 Å². The van der Waals surface area contributed by atoms with Crippen molar-refractivity contribution in [3.8, 4) is 16.9 Å². The van der Waals surface area contributed by atoms with Crippen molar-refractivity contribution in [2.75, 3.05) is 13.2 Å². The number of imidazole rings is 2. The van der Waals surface area contributed by atoms with Crippen LogP contribution in [0.4, 0.5) is 0 Å². The highest BCUT2D eigenvalue weighted by Gasteiger charge is 2.22. The molecule has 0 saturated carbocycles. The summed E-state index contributed by atoms with van der Waals surface area (Å²) in [7, 11) is 1.65. The van der Waals surface area contributed by atoms with E-state index in [0.717, 1.165) is 22.5 Å².